The van der Waals surface area contributed by atoms with Gasteiger partial charge in [-0.2, -0.15) is 0 Å². The maximum absolute atomic E-state index is 13.6. The molecule has 0 saturated heterocycles. The first-order valence-electron chi connectivity index (χ1n) is 34.6. The summed E-state index contributed by atoms with van der Waals surface area (Å²) in [6.45, 7) is 6.84. The number of phosphoric ester groups is 1. The minimum atomic E-state index is -4.70. The summed E-state index contributed by atoms with van der Waals surface area (Å²) in [6.07, 6.45) is 77.7. The molecule has 0 aliphatic heterocycles. The molecule has 0 saturated carbocycles. The maximum Gasteiger partial charge on any atom is 0.306 e. The number of hydrogen-bond acceptors (Lipinski definition) is 7. The molecule has 1 amide bonds. The standard InChI is InChI=1S/C71H133N2O7P/c1-7-10-13-16-19-22-25-27-29-31-33-34-35-36-37-38-40-41-43-45-48-51-54-57-60-63-70(74)72-68(67-79-81(76,77)78-66-65-73(4,5)6)69(62-59-56-53-50-47-24-21-18-15-12-9-3)80-71(75)64-61-58-55-52-49-46-44-42-39-32-30-28-26-23-20-17-14-11-8-2/h19,22,27,29,33-34,36-37,59,62,68-69H,7-18,20-21,23-26,28,30-32,35,38-58,60-61,63-67H2,1-6H3,(H-,72,74,76,77)/b22-19-,29-27-,34-33-,37-36-,62-59-. The van der Waals surface area contributed by atoms with Gasteiger partial charge in [-0.1, -0.05) is 300 Å². The molecule has 0 aliphatic carbocycles. The summed E-state index contributed by atoms with van der Waals surface area (Å²) in [5, 5.41) is 3.04. The molecule has 0 rings (SSSR count). The highest BCUT2D eigenvalue weighted by molar-refractivity contribution is 7.45. The third kappa shape index (κ3) is 62.1. The molecule has 10 heteroatoms. The van der Waals surface area contributed by atoms with Crippen LogP contribution >= 0.6 is 7.82 Å². The molecule has 0 aliphatic rings. The highest BCUT2D eigenvalue weighted by atomic mass is 31.2. The number of esters is 1. The van der Waals surface area contributed by atoms with E-state index in [4.69, 9.17) is 13.8 Å². The van der Waals surface area contributed by atoms with E-state index in [1.807, 2.05) is 33.3 Å². The fourth-order valence-electron chi connectivity index (χ4n) is 10.1. The average Bonchev–Trinajstić information content (AvgIpc) is 3.44. The fraction of sp³-hybridized carbons (Fsp3) is 0.831. The van der Waals surface area contributed by atoms with Crippen LogP contribution in [-0.2, 0) is 27.9 Å². The zero-order chi connectivity index (χ0) is 59.3. The van der Waals surface area contributed by atoms with Crippen LogP contribution in [0.3, 0.4) is 0 Å². The van der Waals surface area contributed by atoms with Crippen LogP contribution in [0, 0.1) is 0 Å². The van der Waals surface area contributed by atoms with Gasteiger partial charge >= 0.3 is 5.97 Å². The number of rotatable bonds is 63. The Morgan fingerprint density at radius 1 is 0.432 bits per heavy atom. The number of likely N-dealkylation sites (N-methyl/N-ethyl adjacent to an activating group) is 1. The molecule has 0 heterocycles. The first-order valence-corrected chi connectivity index (χ1v) is 36.1. The molecule has 0 aromatic heterocycles. The lowest BCUT2D eigenvalue weighted by molar-refractivity contribution is -0.870. The van der Waals surface area contributed by atoms with Crippen molar-refractivity contribution in [3.8, 4) is 0 Å². The first kappa shape index (κ1) is 78.7. The van der Waals surface area contributed by atoms with Crippen LogP contribution in [0.5, 0.6) is 0 Å². The fourth-order valence-corrected chi connectivity index (χ4v) is 10.8. The molecule has 0 aromatic carbocycles. The Labute approximate surface area is 502 Å². The Bertz CT molecular complexity index is 1570. The second-order valence-corrected chi connectivity index (χ2v) is 26.1. The zero-order valence-electron chi connectivity index (χ0n) is 54.2. The Hall–Kier alpha value is -2.29. The number of hydrogen-bond donors (Lipinski definition) is 1. The largest absolute Gasteiger partial charge is 0.756 e. The van der Waals surface area contributed by atoms with Crippen molar-refractivity contribution in [3.05, 3.63) is 60.8 Å². The van der Waals surface area contributed by atoms with Gasteiger partial charge in [-0.15, -0.1) is 0 Å². The lowest BCUT2D eigenvalue weighted by Gasteiger charge is -2.30. The molecular weight excluding hydrogens is 1020 g/mol. The minimum Gasteiger partial charge on any atom is -0.756 e. The van der Waals surface area contributed by atoms with Crippen molar-refractivity contribution in [1.29, 1.82) is 0 Å². The maximum atomic E-state index is 13.6. The molecule has 0 bridgehead atoms. The number of quaternary nitrogens is 1. The quantitative estimate of drug-likeness (QED) is 0.0212. The monoisotopic (exact) mass is 1160 g/mol. The number of carbonyl (C=O) groups is 2. The molecule has 3 unspecified atom stereocenters. The van der Waals surface area contributed by atoms with E-state index < -0.39 is 20.0 Å². The van der Waals surface area contributed by atoms with Crippen LogP contribution in [0.2, 0.25) is 0 Å². The number of nitrogens with zero attached hydrogens (tertiary/aromatic N) is 1. The molecule has 0 aromatic rings. The molecule has 9 nitrogen and oxygen atoms in total. The summed E-state index contributed by atoms with van der Waals surface area (Å²) in [5.74, 6) is -0.536. The molecule has 0 radical (unpaired) electrons. The molecule has 3 atom stereocenters. The number of phosphoric acid groups is 1. The van der Waals surface area contributed by atoms with Crippen LogP contribution in [0.4, 0.5) is 0 Å². The Morgan fingerprint density at radius 3 is 1.15 bits per heavy atom. The Kier molecular flexibility index (Phi) is 59.1. The van der Waals surface area contributed by atoms with E-state index in [2.05, 4.69) is 74.7 Å². The van der Waals surface area contributed by atoms with Gasteiger partial charge in [0.15, 0.2) is 0 Å². The average molecular weight is 1160 g/mol. The second-order valence-electron chi connectivity index (χ2n) is 24.7. The van der Waals surface area contributed by atoms with Gasteiger partial charge in [-0.25, -0.2) is 0 Å². The summed E-state index contributed by atoms with van der Waals surface area (Å²) in [4.78, 5) is 40.1. The predicted octanol–water partition coefficient (Wildman–Crippen LogP) is 21.2. The third-order valence-corrected chi connectivity index (χ3v) is 16.4. The highest BCUT2D eigenvalue weighted by Crippen LogP contribution is 2.38. The second kappa shape index (κ2) is 60.8. The van der Waals surface area contributed by atoms with E-state index in [1.54, 1.807) is 0 Å². The van der Waals surface area contributed by atoms with Crippen molar-refractivity contribution in [1.82, 2.24) is 5.32 Å². The normalized spacial score (nSPS) is 13.9. The van der Waals surface area contributed by atoms with Crippen molar-refractivity contribution >= 4 is 19.7 Å². The van der Waals surface area contributed by atoms with Crippen LogP contribution in [-0.4, -0.2) is 69.4 Å². The van der Waals surface area contributed by atoms with Crippen LogP contribution in [0.15, 0.2) is 60.8 Å². The molecule has 0 spiro atoms. The molecule has 1 N–H and O–H groups in total. The van der Waals surface area contributed by atoms with Gasteiger partial charge in [-0.3, -0.25) is 14.2 Å². The number of amides is 1. The van der Waals surface area contributed by atoms with Gasteiger partial charge in [0.25, 0.3) is 7.82 Å². The van der Waals surface area contributed by atoms with Gasteiger partial charge in [0.2, 0.25) is 5.91 Å². The predicted molar refractivity (Wildman–Crippen MR) is 349 cm³/mol. The van der Waals surface area contributed by atoms with Gasteiger partial charge in [0.1, 0.15) is 19.3 Å². The minimum absolute atomic E-state index is 0.0233. The van der Waals surface area contributed by atoms with Crippen molar-refractivity contribution in [2.75, 3.05) is 40.9 Å². The van der Waals surface area contributed by atoms with Crippen molar-refractivity contribution in [2.24, 2.45) is 0 Å². The Balaban J connectivity index is 5.06. The number of nitrogens with one attached hydrogen (secondary N) is 1. The zero-order valence-corrected chi connectivity index (χ0v) is 55.1. The van der Waals surface area contributed by atoms with Gasteiger partial charge < -0.3 is 28.5 Å². The first-order chi connectivity index (χ1) is 39.4. The van der Waals surface area contributed by atoms with E-state index in [-0.39, 0.29) is 31.5 Å². The van der Waals surface area contributed by atoms with Crippen molar-refractivity contribution < 1.29 is 37.3 Å². The number of allylic oxidation sites excluding steroid dienone is 9. The van der Waals surface area contributed by atoms with Crippen LogP contribution in [0.25, 0.3) is 0 Å². The highest BCUT2D eigenvalue weighted by Gasteiger charge is 2.27. The molecule has 474 valence electrons. The Morgan fingerprint density at radius 2 is 0.753 bits per heavy atom. The summed E-state index contributed by atoms with van der Waals surface area (Å²) >= 11 is 0. The van der Waals surface area contributed by atoms with Crippen LogP contribution in [0.1, 0.15) is 329 Å². The van der Waals surface area contributed by atoms with E-state index in [0.29, 0.717) is 17.4 Å². The van der Waals surface area contributed by atoms with Gasteiger partial charge in [-0.05, 0) is 76.7 Å². The van der Waals surface area contributed by atoms with E-state index in [9.17, 15) is 19.0 Å². The SMILES string of the molecule is CCCCC/C=C\C/C=C\C/C=C\C/C=C\CCCCCCCCCCCC(=O)NC(COP(=O)([O-])OCC[N+](C)(C)C)C(/C=C\CCCCCCCCCCC)OC(=O)CCCCCCCCCCCCCCCCCCCCC. The van der Waals surface area contributed by atoms with Crippen molar-refractivity contribution in [2.45, 2.75) is 341 Å². The van der Waals surface area contributed by atoms with E-state index in [0.717, 1.165) is 89.9 Å². The lowest BCUT2D eigenvalue weighted by atomic mass is 10.0. The van der Waals surface area contributed by atoms with E-state index in [1.165, 1.54) is 205 Å². The summed E-state index contributed by atoms with van der Waals surface area (Å²) in [7, 11) is 1.19. The van der Waals surface area contributed by atoms with Crippen molar-refractivity contribution in [3.63, 3.8) is 0 Å². The summed E-state index contributed by atoms with van der Waals surface area (Å²) in [6, 6.07) is -0.891. The number of unbranched alkanes of at least 4 members (excludes halogenated alkanes) is 39. The third-order valence-electron chi connectivity index (χ3n) is 15.5. The summed E-state index contributed by atoms with van der Waals surface area (Å²) < 4.78 is 30.4. The molecule has 0 fully saturated rings. The summed E-state index contributed by atoms with van der Waals surface area (Å²) in [5.41, 5.74) is 0. The van der Waals surface area contributed by atoms with Gasteiger partial charge in [0, 0.05) is 12.8 Å². The smallest absolute Gasteiger partial charge is 0.306 e. The molecule has 81 heavy (non-hydrogen) atoms. The molecular formula is C71H133N2O7P. The number of carbonyl (C=O) groups excluding carboxylic acids is 2. The van der Waals surface area contributed by atoms with Gasteiger partial charge in [0.05, 0.1) is 33.8 Å². The topological polar surface area (TPSA) is 114 Å². The van der Waals surface area contributed by atoms with Crippen LogP contribution < -0.4 is 10.2 Å². The number of ether oxygens (including phenoxy) is 1. The lowest BCUT2D eigenvalue weighted by Crippen LogP contribution is -2.47. The van der Waals surface area contributed by atoms with E-state index >= 15 is 0 Å².